The van der Waals surface area contributed by atoms with Gasteiger partial charge in [0.2, 0.25) is 0 Å². The average molecular weight is 289 g/mol. The lowest BCUT2D eigenvalue weighted by atomic mass is 9.94. The summed E-state index contributed by atoms with van der Waals surface area (Å²) in [5, 5.41) is 9.52. The number of methoxy groups -OCH3 is 1. The molecule has 0 aromatic heterocycles. The molecule has 0 spiro atoms. The molecular weight excluding hydrogens is 262 g/mol. The summed E-state index contributed by atoms with van der Waals surface area (Å²) in [6, 6.07) is -0.303. The SMILES string of the molecule is COCCC(C)(C(=O)O)N(C(=O)OC(C)(C)C)C(C)C. The molecule has 0 fully saturated rings. The summed E-state index contributed by atoms with van der Waals surface area (Å²) in [7, 11) is 1.50. The van der Waals surface area contributed by atoms with Gasteiger partial charge in [-0.2, -0.15) is 0 Å². The second kappa shape index (κ2) is 6.92. The van der Waals surface area contributed by atoms with Crippen LogP contribution in [0, 0.1) is 0 Å². The first-order valence-corrected chi connectivity index (χ1v) is 6.70. The van der Waals surface area contributed by atoms with E-state index in [0.717, 1.165) is 0 Å². The first-order valence-electron chi connectivity index (χ1n) is 6.70. The van der Waals surface area contributed by atoms with Gasteiger partial charge in [0, 0.05) is 26.2 Å². The Morgan fingerprint density at radius 2 is 1.70 bits per heavy atom. The molecule has 6 nitrogen and oxygen atoms in total. The van der Waals surface area contributed by atoms with Crippen LogP contribution in [0.3, 0.4) is 0 Å². The number of carboxylic acids is 1. The molecule has 20 heavy (non-hydrogen) atoms. The Labute approximate surface area is 121 Å². The molecule has 1 atom stereocenters. The number of hydrogen-bond donors (Lipinski definition) is 1. The zero-order valence-electron chi connectivity index (χ0n) is 13.5. The van der Waals surface area contributed by atoms with Crippen LogP contribution in [0.1, 0.15) is 48.0 Å². The smallest absolute Gasteiger partial charge is 0.411 e. The zero-order chi connectivity index (χ0) is 16.1. The minimum atomic E-state index is -1.37. The number of carbonyl (C=O) groups is 2. The lowest BCUT2D eigenvalue weighted by molar-refractivity contribution is -0.152. The topological polar surface area (TPSA) is 76.1 Å². The van der Waals surface area contributed by atoms with Gasteiger partial charge < -0.3 is 14.6 Å². The first-order chi connectivity index (χ1) is 8.95. The molecule has 0 aromatic carbocycles. The minimum Gasteiger partial charge on any atom is -0.480 e. The number of rotatable bonds is 6. The Bertz CT molecular complexity index is 348. The molecule has 0 heterocycles. The van der Waals surface area contributed by atoms with Crippen LogP contribution >= 0.6 is 0 Å². The number of hydrogen-bond acceptors (Lipinski definition) is 4. The number of ether oxygens (including phenoxy) is 2. The van der Waals surface area contributed by atoms with Crippen molar-refractivity contribution in [3.63, 3.8) is 0 Å². The maximum atomic E-state index is 12.3. The van der Waals surface area contributed by atoms with E-state index in [2.05, 4.69) is 0 Å². The Morgan fingerprint density at radius 1 is 1.20 bits per heavy atom. The molecule has 1 unspecified atom stereocenters. The number of nitrogens with zero attached hydrogens (tertiary/aromatic N) is 1. The van der Waals surface area contributed by atoms with Gasteiger partial charge in [0.15, 0.2) is 0 Å². The summed E-state index contributed by atoms with van der Waals surface area (Å²) in [4.78, 5) is 25.2. The fraction of sp³-hybridized carbons (Fsp3) is 0.857. The molecule has 0 bridgehead atoms. The third-order valence-electron chi connectivity index (χ3n) is 2.89. The molecule has 0 aliphatic rings. The van der Waals surface area contributed by atoms with E-state index in [0.29, 0.717) is 0 Å². The highest BCUT2D eigenvalue weighted by molar-refractivity contribution is 5.84. The predicted octanol–water partition coefficient (Wildman–Crippen LogP) is 2.51. The predicted molar refractivity (Wildman–Crippen MR) is 75.7 cm³/mol. The molecule has 0 saturated heterocycles. The van der Waals surface area contributed by atoms with Crippen molar-refractivity contribution in [2.45, 2.75) is 65.1 Å². The summed E-state index contributed by atoms with van der Waals surface area (Å²) < 4.78 is 10.3. The molecule has 0 rings (SSSR count). The lowest BCUT2D eigenvalue weighted by Gasteiger charge is -2.41. The van der Waals surface area contributed by atoms with Gasteiger partial charge >= 0.3 is 12.1 Å². The van der Waals surface area contributed by atoms with Gasteiger partial charge in [-0.15, -0.1) is 0 Å². The highest BCUT2D eigenvalue weighted by Gasteiger charge is 2.45. The second-order valence-electron chi connectivity index (χ2n) is 6.27. The molecular formula is C14H27NO5. The molecule has 0 aromatic rings. The molecule has 118 valence electrons. The van der Waals surface area contributed by atoms with E-state index in [1.54, 1.807) is 34.6 Å². The number of carbonyl (C=O) groups excluding carboxylic acids is 1. The highest BCUT2D eigenvalue weighted by atomic mass is 16.6. The van der Waals surface area contributed by atoms with E-state index in [1.807, 2.05) is 0 Å². The molecule has 1 N–H and O–H groups in total. The lowest BCUT2D eigenvalue weighted by Crippen LogP contribution is -2.59. The van der Waals surface area contributed by atoms with Crippen LogP contribution in [0.25, 0.3) is 0 Å². The van der Waals surface area contributed by atoms with Gasteiger partial charge in [-0.25, -0.2) is 9.59 Å². The summed E-state index contributed by atoms with van der Waals surface area (Å²) >= 11 is 0. The van der Waals surface area contributed by atoms with E-state index >= 15 is 0 Å². The maximum absolute atomic E-state index is 12.3. The van der Waals surface area contributed by atoms with E-state index < -0.39 is 23.2 Å². The van der Waals surface area contributed by atoms with Crippen molar-refractivity contribution < 1.29 is 24.2 Å². The Balaban J connectivity index is 5.40. The van der Waals surface area contributed by atoms with Gasteiger partial charge in [-0.3, -0.25) is 4.90 Å². The second-order valence-corrected chi connectivity index (χ2v) is 6.27. The first kappa shape index (κ1) is 18.7. The third kappa shape index (κ3) is 5.00. The summed E-state index contributed by atoms with van der Waals surface area (Å²) in [5.41, 5.74) is -2.04. The van der Waals surface area contributed by atoms with Gasteiger partial charge in [0.05, 0.1) is 0 Å². The third-order valence-corrected chi connectivity index (χ3v) is 2.89. The fourth-order valence-electron chi connectivity index (χ4n) is 1.92. The number of carboxylic acid groups (broad SMARTS) is 1. The molecule has 0 aliphatic heterocycles. The number of aliphatic carboxylic acids is 1. The quantitative estimate of drug-likeness (QED) is 0.813. The van der Waals surface area contributed by atoms with E-state index in [9.17, 15) is 14.7 Å². The fourth-order valence-corrected chi connectivity index (χ4v) is 1.92. The molecule has 0 aliphatic carbocycles. The van der Waals surface area contributed by atoms with Gasteiger partial charge in [0.1, 0.15) is 11.1 Å². The Kier molecular flexibility index (Phi) is 6.47. The van der Waals surface area contributed by atoms with Crippen LogP contribution in [0.15, 0.2) is 0 Å². The van der Waals surface area contributed by atoms with Crippen LogP contribution in [0.2, 0.25) is 0 Å². The van der Waals surface area contributed by atoms with Crippen LogP contribution in [-0.4, -0.2) is 53.0 Å². The van der Waals surface area contributed by atoms with Crippen molar-refractivity contribution in [1.29, 1.82) is 0 Å². The monoisotopic (exact) mass is 289 g/mol. The van der Waals surface area contributed by atoms with Crippen molar-refractivity contribution in [2.24, 2.45) is 0 Å². The Hall–Kier alpha value is -1.30. The summed E-state index contributed by atoms with van der Waals surface area (Å²) in [6.45, 7) is 10.5. The average Bonchev–Trinajstić information content (AvgIpc) is 2.22. The highest BCUT2D eigenvalue weighted by Crippen LogP contribution is 2.25. The molecule has 1 amide bonds. The standard InChI is InChI=1S/C14H27NO5/c1-10(2)15(12(18)20-13(3,4)5)14(6,11(16)17)8-9-19-7/h10H,8-9H2,1-7H3,(H,16,17). The van der Waals surface area contributed by atoms with Crippen molar-refractivity contribution in [3.8, 4) is 0 Å². The van der Waals surface area contributed by atoms with Crippen molar-refractivity contribution in [2.75, 3.05) is 13.7 Å². The largest absolute Gasteiger partial charge is 0.480 e. The number of amides is 1. The van der Waals surface area contributed by atoms with Gasteiger partial charge in [-0.1, -0.05) is 0 Å². The van der Waals surface area contributed by atoms with Crippen molar-refractivity contribution in [3.05, 3.63) is 0 Å². The maximum Gasteiger partial charge on any atom is 0.411 e. The summed E-state index contributed by atoms with van der Waals surface area (Å²) in [5.74, 6) is -1.07. The van der Waals surface area contributed by atoms with Crippen molar-refractivity contribution in [1.82, 2.24) is 4.90 Å². The van der Waals surface area contributed by atoms with E-state index in [-0.39, 0.29) is 19.1 Å². The van der Waals surface area contributed by atoms with Crippen LogP contribution in [-0.2, 0) is 14.3 Å². The molecule has 0 saturated carbocycles. The van der Waals surface area contributed by atoms with Crippen LogP contribution in [0.4, 0.5) is 4.79 Å². The minimum absolute atomic E-state index is 0.191. The summed E-state index contributed by atoms with van der Waals surface area (Å²) in [6.07, 6.45) is -0.440. The zero-order valence-corrected chi connectivity index (χ0v) is 13.5. The van der Waals surface area contributed by atoms with E-state index in [1.165, 1.54) is 18.9 Å². The van der Waals surface area contributed by atoms with Crippen molar-refractivity contribution >= 4 is 12.1 Å². The van der Waals surface area contributed by atoms with E-state index in [4.69, 9.17) is 9.47 Å². The van der Waals surface area contributed by atoms with Crippen LogP contribution < -0.4 is 0 Å². The molecule has 0 radical (unpaired) electrons. The Morgan fingerprint density at radius 3 is 2.00 bits per heavy atom. The van der Waals surface area contributed by atoms with Gasteiger partial charge in [0.25, 0.3) is 0 Å². The van der Waals surface area contributed by atoms with Crippen LogP contribution in [0.5, 0.6) is 0 Å². The molecule has 6 heteroatoms. The van der Waals surface area contributed by atoms with Gasteiger partial charge in [-0.05, 0) is 41.5 Å². The normalized spacial score (nSPS) is 14.8.